The average Bonchev–Trinajstić information content (AvgIpc) is 2.89. The number of hydrogen-bond donors (Lipinski definition) is 0. The van der Waals surface area contributed by atoms with Crippen molar-refractivity contribution in [2.24, 2.45) is 0 Å². The number of para-hydroxylation sites is 1. The number of carbonyl (C=O) groups is 1. The van der Waals surface area contributed by atoms with Gasteiger partial charge in [-0.15, -0.1) is 0 Å². The summed E-state index contributed by atoms with van der Waals surface area (Å²) >= 11 is 0. The van der Waals surface area contributed by atoms with Crippen LogP contribution in [0.2, 0.25) is 0 Å². The van der Waals surface area contributed by atoms with Crippen LogP contribution in [0.15, 0.2) is 53.4 Å². The minimum atomic E-state index is -3.50. The van der Waals surface area contributed by atoms with E-state index < -0.39 is 10.0 Å². The molecule has 1 amide bonds. The summed E-state index contributed by atoms with van der Waals surface area (Å²) < 4.78 is 32.3. The molecule has 34 heavy (non-hydrogen) atoms. The van der Waals surface area contributed by atoms with Gasteiger partial charge in [-0.1, -0.05) is 30.3 Å². The zero-order chi connectivity index (χ0) is 24.0. The first-order valence-corrected chi connectivity index (χ1v) is 13.6. The molecule has 2 saturated heterocycles. The number of rotatable bonds is 8. The molecule has 2 fully saturated rings. The second-order valence-corrected chi connectivity index (χ2v) is 11.0. The third-order valence-electron chi connectivity index (χ3n) is 6.68. The summed E-state index contributed by atoms with van der Waals surface area (Å²) in [4.78, 5) is 17.4. The van der Waals surface area contributed by atoms with E-state index in [0.29, 0.717) is 45.7 Å². The van der Waals surface area contributed by atoms with E-state index in [0.717, 1.165) is 18.7 Å². The van der Waals surface area contributed by atoms with Crippen LogP contribution in [-0.2, 0) is 32.5 Å². The summed E-state index contributed by atoms with van der Waals surface area (Å²) in [6, 6.07) is 15.3. The number of hydrogen-bond acceptors (Lipinski definition) is 5. The number of amides is 1. The fourth-order valence-electron chi connectivity index (χ4n) is 4.64. The highest BCUT2D eigenvalue weighted by Gasteiger charge is 2.26. The molecule has 2 aromatic carbocycles. The van der Waals surface area contributed by atoms with Crippen LogP contribution >= 0.6 is 0 Å². The fraction of sp³-hybridized carbons (Fsp3) is 0.500. The molecule has 2 heterocycles. The zero-order valence-electron chi connectivity index (χ0n) is 20.0. The van der Waals surface area contributed by atoms with E-state index in [9.17, 15) is 13.2 Å². The fourth-order valence-corrected chi connectivity index (χ4v) is 6.05. The number of carbonyl (C=O) groups excluding carboxylic acids is 1. The second-order valence-electron chi connectivity index (χ2n) is 9.09. The van der Waals surface area contributed by atoms with Crippen LogP contribution in [0.5, 0.6) is 0 Å². The molecule has 184 valence electrons. The van der Waals surface area contributed by atoms with Crippen molar-refractivity contribution in [3.8, 4) is 0 Å². The Labute approximate surface area is 203 Å². The third-order valence-corrected chi connectivity index (χ3v) is 8.59. The van der Waals surface area contributed by atoms with Gasteiger partial charge in [0, 0.05) is 51.9 Å². The first-order chi connectivity index (χ1) is 16.4. The van der Waals surface area contributed by atoms with Gasteiger partial charge >= 0.3 is 0 Å². The number of sulfonamides is 1. The lowest BCUT2D eigenvalue weighted by Gasteiger charge is -2.31. The maximum absolute atomic E-state index is 12.8. The van der Waals surface area contributed by atoms with Crippen molar-refractivity contribution >= 4 is 21.6 Å². The molecular weight excluding hydrogens is 450 g/mol. The van der Waals surface area contributed by atoms with E-state index in [-0.39, 0.29) is 10.8 Å². The van der Waals surface area contributed by atoms with Gasteiger partial charge in [0.25, 0.3) is 0 Å². The highest BCUT2D eigenvalue weighted by Crippen LogP contribution is 2.25. The Bertz CT molecular complexity index is 1060. The Morgan fingerprint density at radius 3 is 2.32 bits per heavy atom. The molecule has 8 heteroatoms. The van der Waals surface area contributed by atoms with E-state index in [1.165, 1.54) is 34.8 Å². The first-order valence-electron chi connectivity index (χ1n) is 12.2. The van der Waals surface area contributed by atoms with Crippen molar-refractivity contribution in [3.63, 3.8) is 0 Å². The molecule has 0 N–H and O–H groups in total. The van der Waals surface area contributed by atoms with Crippen molar-refractivity contribution in [1.82, 2.24) is 9.21 Å². The van der Waals surface area contributed by atoms with Crippen LogP contribution in [0.1, 0.15) is 36.8 Å². The lowest BCUT2D eigenvalue weighted by atomic mass is 10.1. The van der Waals surface area contributed by atoms with E-state index in [4.69, 9.17) is 4.74 Å². The summed E-state index contributed by atoms with van der Waals surface area (Å²) in [7, 11) is -1.64. The van der Waals surface area contributed by atoms with Crippen LogP contribution < -0.4 is 4.90 Å². The van der Waals surface area contributed by atoms with E-state index >= 15 is 0 Å². The number of ether oxygens (including phenoxy) is 1. The molecule has 0 atom stereocenters. The molecule has 0 saturated carbocycles. The minimum Gasteiger partial charge on any atom is -0.379 e. The van der Waals surface area contributed by atoms with Crippen molar-refractivity contribution < 1.29 is 17.9 Å². The van der Waals surface area contributed by atoms with Gasteiger partial charge in [0.2, 0.25) is 15.9 Å². The van der Waals surface area contributed by atoms with Gasteiger partial charge in [0.1, 0.15) is 0 Å². The normalized spacial score (nSPS) is 17.5. The summed E-state index contributed by atoms with van der Waals surface area (Å²) in [6.07, 6.45) is 4.69. The summed E-state index contributed by atoms with van der Waals surface area (Å²) in [5, 5.41) is 0. The Hall–Kier alpha value is -2.42. The molecule has 2 aromatic rings. The largest absolute Gasteiger partial charge is 0.379 e. The van der Waals surface area contributed by atoms with Crippen LogP contribution in [0.3, 0.4) is 0 Å². The molecule has 7 nitrogen and oxygen atoms in total. The molecule has 0 aliphatic carbocycles. The predicted octanol–water partition coefficient (Wildman–Crippen LogP) is 3.29. The number of aryl methyl sites for hydroxylation is 1. The molecule has 4 rings (SSSR count). The number of nitrogens with zero attached hydrogens (tertiary/aromatic N) is 3. The Kier molecular flexibility index (Phi) is 8.24. The summed E-state index contributed by atoms with van der Waals surface area (Å²) in [5.74, 6) is 0.0819. The molecule has 0 spiro atoms. The van der Waals surface area contributed by atoms with Crippen LogP contribution in [-0.4, -0.2) is 70.0 Å². The quantitative estimate of drug-likeness (QED) is 0.574. The van der Waals surface area contributed by atoms with Crippen LogP contribution in [0.4, 0.5) is 5.69 Å². The number of piperidine rings is 1. The SMILES string of the molecule is CN(Cc1ccccc1N1CCCCC1)C(=O)CCc1ccc(S(=O)(=O)N2CCOCC2)cc1. The standard InChI is InChI=1S/C26H35N3O4S/c1-27(21-23-7-3-4-8-25(23)28-15-5-2-6-16-28)26(30)14-11-22-9-12-24(13-10-22)34(31,32)29-17-19-33-20-18-29/h3-4,7-10,12-13H,2,5-6,11,14-21H2,1H3. The zero-order valence-corrected chi connectivity index (χ0v) is 20.8. The van der Waals surface area contributed by atoms with Crippen LogP contribution in [0.25, 0.3) is 0 Å². The van der Waals surface area contributed by atoms with Gasteiger partial charge in [-0.2, -0.15) is 4.31 Å². The Morgan fingerprint density at radius 2 is 1.62 bits per heavy atom. The Balaban J connectivity index is 1.32. The van der Waals surface area contributed by atoms with Crippen molar-refractivity contribution in [2.75, 3.05) is 51.3 Å². The van der Waals surface area contributed by atoms with E-state index in [1.54, 1.807) is 17.0 Å². The highest BCUT2D eigenvalue weighted by molar-refractivity contribution is 7.89. The van der Waals surface area contributed by atoms with Gasteiger partial charge in [-0.25, -0.2) is 8.42 Å². The molecule has 2 aliphatic rings. The highest BCUT2D eigenvalue weighted by atomic mass is 32.2. The van der Waals surface area contributed by atoms with Gasteiger partial charge in [-0.3, -0.25) is 4.79 Å². The van der Waals surface area contributed by atoms with Gasteiger partial charge in [0.05, 0.1) is 18.1 Å². The molecule has 2 aliphatic heterocycles. The third kappa shape index (κ3) is 5.98. The lowest BCUT2D eigenvalue weighted by Crippen LogP contribution is -2.40. The average molecular weight is 486 g/mol. The molecular formula is C26H35N3O4S. The van der Waals surface area contributed by atoms with Gasteiger partial charge in [0.15, 0.2) is 0 Å². The Morgan fingerprint density at radius 1 is 0.941 bits per heavy atom. The van der Waals surface area contributed by atoms with Crippen molar-refractivity contribution in [3.05, 3.63) is 59.7 Å². The minimum absolute atomic E-state index is 0.0819. The van der Waals surface area contributed by atoms with E-state index in [2.05, 4.69) is 23.1 Å². The smallest absolute Gasteiger partial charge is 0.243 e. The topological polar surface area (TPSA) is 70.2 Å². The maximum atomic E-state index is 12.8. The molecule has 0 unspecified atom stereocenters. The predicted molar refractivity (Wildman–Crippen MR) is 133 cm³/mol. The molecule has 0 aromatic heterocycles. The van der Waals surface area contributed by atoms with Gasteiger partial charge in [-0.05, 0) is 55.0 Å². The number of anilines is 1. The molecule has 0 radical (unpaired) electrons. The maximum Gasteiger partial charge on any atom is 0.243 e. The molecule has 0 bridgehead atoms. The van der Waals surface area contributed by atoms with E-state index in [1.807, 2.05) is 25.2 Å². The summed E-state index contributed by atoms with van der Waals surface area (Å²) in [6.45, 7) is 4.35. The number of morpholine rings is 1. The first kappa shape index (κ1) is 24.7. The van der Waals surface area contributed by atoms with Crippen molar-refractivity contribution in [1.29, 1.82) is 0 Å². The monoisotopic (exact) mass is 485 g/mol. The van der Waals surface area contributed by atoms with Gasteiger partial charge < -0.3 is 14.5 Å². The number of benzene rings is 2. The summed E-state index contributed by atoms with van der Waals surface area (Å²) in [5.41, 5.74) is 3.37. The lowest BCUT2D eigenvalue weighted by molar-refractivity contribution is -0.130. The van der Waals surface area contributed by atoms with Crippen molar-refractivity contribution in [2.45, 2.75) is 43.5 Å². The second kappa shape index (κ2) is 11.3. The van der Waals surface area contributed by atoms with Crippen LogP contribution in [0, 0.1) is 0 Å².